The zero-order valence-corrected chi connectivity index (χ0v) is 30.5. The second-order valence-corrected chi connectivity index (χ2v) is 13.4. The minimum atomic E-state index is -0.658. The largest absolute Gasteiger partial charge is 0.354 e. The molecule has 0 bridgehead atoms. The van der Waals surface area contributed by atoms with Crippen LogP contribution in [-0.4, -0.2) is 37.0 Å². The topological polar surface area (TPSA) is 113 Å². The van der Waals surface area contributed by atoms with Crippen LogP contribution < -0.4 is 21.7 Å². The van der Waals surface area contributed by atoms with Gasteiger partial charge >= 0.3 is 6.03 Å². The van der Waals surface area contributed by atoms with Crippen LogP contribution in [0.1, 0.15) is 200 Å². The van der Waals surface area contributed by atoms with Crippen molar-refractivity contribution in [2.24, 2.45) is 5.73 Å². The van der Waals surface area contributed by atoms with Gasteiger partial charge in [0.15, 0.2) is 0 Å². The molecule has 5 N–H and O–H groups in total. The maximum atomic E-state index is 12.8. The molecule has 0 spiro atoms. The van der Waals surface area contributed by atoms with Gasteiger partial charge in [-0.25, -0.2) is 4.79 Å². The number of rotatable bonds is 35. The third-order valence-corrected chi connectivity index (χ3v) is 8.88. The summed E-state index contributed by atoms with van der Waals surface area (Å²) in [6, 6.07) is -1.28. The number of nitrogens with one attached hydrogen (secondary N) is 3. The van der Waals surface area contributed by atoms with Crippen molar-refractivity contribution in [3.8, 4) is 0 Å². The normalized spacial score (nSPS) is 12.0. The number of hydrogen-bond acceptors (Lipinski definition) is 3. The molecule has 7 nitrogen and oxygen atoms in total. The van der Waals surface area contributed by atoms with E-state index in [1.807, 2.05) is 0 Å². The summed E-state index contributed by atoms with van der Waals surface area (Å²) in [6.45, 7) is 5.39. The Bertz CT molecular complexity index is 728. The van der Waals surface area contributed by atoms with Gasteiger partial charge in [0.1, 0.15) is 6.04 Å². The lowest BCUT2D eigenvalue weighted by Gasteiger charge is -2.18. The smallest absolute Gasteiger partial charge is 0.312 e. The number of urea groups is 1. The molecule has 46 heavy (non-hydrogen) atoms. The van der Waals surface area contributed by atoms with Crippen LogP contribution >= 0.6 is 0 Å². The Hall–Kier alpha value is -2.05. The standard InChI is InChI=1S/C39H76N4O3/c1-3-5-7-9-11-13-15-17-19-20-22-24-26-28-30-32-37(44)43-36(33-35-42-39(40)46)38(45)41-34-31-29-27-25-23-21-18-16-14-12-10-8-6-4-2/h17,19,36H,3-16,18,20-35H2,1-2H3,(H,41,45)(H,43,44)(H3,40,42,46)/b19-17-/t36-/m0/s1. The van der Waals surface area contributed by atoms with Crippen LogP contribution in [0.5, 0.6) is 0 Å². The number of carbonyl (C=O) groups excluding carboxylic acids is 3. The quantitative estimate of drug-likeness (QED) is 0.0405. The van der Waals surface area contributed by atoms with Gasteiger partial charge in [-0.3, -0.25) is 9.59 Å². The summed E-state index contributed by atoms with van der Waals surface area (Å²) < 4.78 is 0. The lowest BCUT2D eigenvalue weighted by Crippen LogP contribution is -2.48. The average molecular weight is 649 g/mol. The second-order valence-electron chi connectivity index (χ2n) is 13.4. The first kappa shape index (κ1) is 43.9. The van der Waals surface area contributed by atoms with Crippen LogP contribution in [0, 0.1) is 0 Å². The zero-order chi connectivity index (χ0) is 33.8. The molecule has 1 atom stereocenters. The Kier molecular flexibility index (Phi) is 34.2. The predicted octanol–water partition coefficient (Wildman–Crippen LogP) is 10.2. The third-order valence-electron chi connectivity index (χ3n) is 8.88. The predicted molar refractivity (Wildman–Crippen MR) is 197 cm³/mol. The molecule has 0 aliphatic rings. The number of nitrogens with two attached hydrogens (primary N) is 1. The minimum absolute atomic E-state index is 0.103. The summed E-state index contributed by atoms with van der Waals surface area (Å²) in [5.41, 5.74) is 5.18. The van der Waals surface area contributed by atoms with Gasteiger partial charge in [0.25, 0.3) is 0 Å². The van der Waals surface area contributed by atoms with Crippen LogP contribution in [0.3, 0.4) is 0 Å². The number of unbranched alkanes of at least 4 members (excludes halogenated alkanes) is 24. The lowest BCUT2D eigenvalue weighted by atomic mass is 10.0. The van der Waals surface area contributed by atoms with E-state index in [-0.39, 0.29) is 18.4 Å². The molecule has 0 saturated carbocycles. The summed E-state index contributed by atoms with van der Waals surface area (Å²) in [5.74, 6) is -0.285. The average Bonchev–Trinajstić information content (AvgIpc) is 3.04. The molecular formula is C39H76N4O3. The van der Waals surface area contributed by atoms with Crippen molar-refractivity contribution in [2.45, 2.75) is 206 Å². The van der Waals surface area contributed by atoms with E-state index in [9.17, 15) is 14.4 Å². The monoisotopic (exact) mass is 649 g/mol. The van der Waals surface area contributed by atoms with Crippen molar-refractivity contribution in [3.05, 3.63) is 12.2 Å². The fourth-order valence-corrected chi connectivity index (χ4v) is 5.89. The van der Waals surface area contributed by atoms with Crippen LogP contribution in [0.15, 0.2) is 12.2 Å². The van der Waals surface area contributed by atoms with E-state index >= 15 is 0 Å². The summed E-state index contributed by atoms with van der Waals surface area (Å²) in [5, 5.41) is 8.41. The summed E-state index contributed by atoms with van der Waals surface area (Å²) >= 11 is 0. The van der Waals surface area contributed by atoms with E-state index in [0.29, 0.717) is 19.4 Å². The highest BCUT2D eigenvalue weighted by Crippen LogP contribution is 2.13. The van der Waals surface area contributed by atoms with E-state index in [0.717, 1.165) is 38.5 Å². The molecule has 0 saturated heterocycles. The fraction of sp³-hybridized carbons (Fsp3) is 0.872. The Balaban J connectivity index is 3.94. The van der Waals surface area contributed by atoms with Gasteiger partial charge in [0, 0.05) is 19.5 Å². The molecule has 0 aliphatic heterocycles. The van der Waals surface area contributed by atoms with Crippen LogP contribution in [0.4, 0.5) is 4.79 Å². The van der Waals surface area contributed by atoms with Gasteiger partial charge in [0.2, 0.25) is 11.8 Å². The molecule has 0 rings (SSSR count). The van der Waals surface area contributed by atoms with Crippen molar-refractivity contribution >= 4 is 17.8 Å². The van der Waals surface area contributed by atoms with E-state index in [4.69, 9.17) is 5.73 Å². The van der Waals surface area contributed by atoms with Crippen molar-refractivity contribution in [1.82, 2.24) is 16.0 Å². The summed E-state index contributed by atoms with van der Waals surface area (Å²) in [4.78, 5) is 36.5. The van der Waals surface area contributed by atoms with Gasteiger partial charge in [-0.15, -0.1) is 0 Å². The minimum Gasteiger partial charge on any atom is -0.354 e. The van der Waals surface area contributed by atoms with Crippen LogP contribution in [0.25, 0.3) is 0 Å². The second kappa shape index (κ2) is 35.8. The number of primary amides is 1. The maximum absolute atomic E-state index is 12.8. The van der Waals surface area contributed by atoms with Crippen molar-refractivity contribution < 1.29 is 14.4 Å². The summed E-state index contributed by atoms with van der Waals surface area (Å²) in [6.07, 6.45) is 39.4. The molecule has 0 radical (unpaired) electrons. The zero-order valence-electron chi connectivity index (χ0n) is 30.5. The molecule has 0 aliphatic carbocycles. The van der Waals surface area contributed by atoms with E-state index < -0.39 is 12.1 Å². The number of hydrogen-bond donors (Lipinski definition) is 4. The SMILES string of the molecule is CCCCCCCC/C=C\CCCCCCCC(=O)N[C@@H](CCNC(N)=O)C(=O)NCCCCCCCCCCCCCCCC. The van der Waals surface area contributed by atoms with Gasteiger partial charge in [-0.05, 0) is 44.9 Å². The Labute approximate surface area is 284 Å². The third kappa shape index (κ3) is 33.3. The van der Waals surface area contributed by atoms with Gasteiger partial charge in [-0.1, -0.05) is 161 Å². The van der Waals surface area contributed by atoms with Crippen molar-refractivity contribution in [1.29, 1.82) is 0 Å². The van der Waals surface area contributed by atoms with Crippen LogP contribution in [-0.2, 0) is 9.59 Å². The number of amides is 4. The first-order valence-corrected chi connectivity index (χ1v) is 19.8. The number of carbonyl (C=O) groups is 3. The van der Waals surface area contributed by atoms with Crippen molar-refractivity contribution in [3.63, 3.8) is 0 Å². The van der Waals surface area contributed by atoms with Gasteiger partial charge < -0.3 is 21.7 Å². The fourth-order valence-electron chi connectivity index (χ4n) is 5.89. The summed E-state index contributed by atoms with van der Waals surface area (Å²) in [7, 11) is 0. The lowest BCUT2D eigenvalue weighted by molar-refractivity contribution is -0.129. The Morgan fingerprint density at radius 1 is 0.522 bits per heavy atom. The molecular weight excluding hydrogens is 572 g/mol. The van der Waals surface area contributed by atoms with Crippen molar-refractivity contribution in [2.75, 3.05) is 13.1 Å². The molecule has 0 heterocycles. The van der Waals surface area contributed by atoms with E-state index in [2.05, 4.69) is 41.9 Å². The maximum Gasteiger partial charge on any atom is 0.312 e. The van der Waals surface area contributed by atoms with Gasteiger partial charge in [-0.2, -0.15) is 0 Å². The molecule has 4 amide bonds. The molecule has 7 heteroatoms. The first-order valence-electron chi connectivity index (χ1n) is 19.8. The molecule has 0 aromatic rings. The highest BCUT2D eigenvalue weighted by molar-refractivity contribution is 5.87. The van der Waals surface area contributed by atoms with E-state index in [1.165, 1.54) is 135 Å². The highest BCUT2D eigenvalue weighted by atomic mass is 16.2. The number of allylic oxidation sites excluding steroid dienone is 2. The molecule has 270 valence electrons. The Morgan fingerprint density at radius 2 is 0.935 bits per heavy atom. The Morgan fingerprint density at radius 3 is 1.39 bits per heavy atom. The molecule has 0 unspecified atom stereocenters. The molecule has 0 aromatic heterocycles. The first-order chi connectivity index (χ1) is 22.5. The van der Waals surface area contributed by atoms with E-state index in [1.54, 1.807) is 0 Å². The van der Waals surface area contributed by atoms with Gasteiger partial charge in [0.05, 0.1) is 0 Å². The van der Waals surface area contributed by atoms with Crippen LogP contribution in [0.2, 0.25) is 0 Å². The molecule has 0 aromatic carbocycles. The molecule has 0 fully saturated rings. The highest BCUT2D eigenvalue weighted by Gasteiger charge is 2.20.